The van der Waals surface area contributed by atoms with Gasteiger partial charge >= 0.3 is 0 Å². The second kappa shape index (κ2) is 5.92. The number of nitrogens with zero attached hydrogens (tertiary/aromatic N) is 4. The number of nitrogens with one attached hydrogen (secondary N) is 1. The summed E-state index contributed by atoms with van der Waals surface area (Å²) in [6.45, 7) is 7.00. The highest BCUT2D eigenvalue weighted by atomic mass is 14.9. The Kier molecular flexibility index (Phi) is 3.46. The number of fused-ring (bicyclic) bond motifs is 1. The van der Waals surface area contributed by atoms with Crippen LogP contribution in [0.1, 0.15) is 5.56 Å². The molecule has 0 saturated heterocycles. The zero-order valence-electron chi connectivity index (χ0n) is 13.1. The standard InChI is InChI=1S/C20H11N5/c1-22-16-6-8-17(23-12-16)14-3-2-4-15(10-14)20-24-18-7-5-13(11-21)9-19(18)25-20/h2-10,12H,(H,24,25). The molecule has 0 amide bonds. The molecule has 0 bridgehead atoms. The molecule has 1 N–H and O–H groups in total. The van der Waals surface area contributed by atoms with Crippen LogP contribution in [-0.4, -0.2) is 15.0 Å². The van der Waals surface area contributed by atoms with E-state index in [1.54, 1.807) is 24.4 Å². The van der Waals surface area contributed by atoms with E-state index in [9.17, 15) is 0 Å². The molecule has 0 aliphatic rings. The first kappa shape index (κ1) is 14.6. The van der Waals surface area contributed by atoms with Crippen molar-refractivity contribution in [2.24, 2.45) is 0 Å². The summed E-state index contributed by atoms with van der Waals surface area (Å²) in [5.74, 6) is 0.740. The van der Waals surface area contributed by atoms with Crippen LogP contribution >= 0.6 is 0 Å². The maximum Gasteiger partial charge on any atom is 0.205 e. The van der Waals surface area contributed by atoms with E-state index in [1.807, 2.05) is 36.4 Å². The van der Waals surface area contributed by atoms with Crippen molar-refractivity contribution >= 4 is 16.7 Å². The first-order valence-corrected chi connectivity index (χ1v) is 7.61. The van der Waals surface area contributed by atoms with E-state index in [4.69, 9.17) is 11.8 Å². The van der Waals surface area contributed by atoms with Gasteiger partial charge in [-0.1, -0.05) is 24.3 Å². The second-order valence-electron chi connectivity index (χ2n) is 5.52. The number of H-pyrrole nitrogens is 1. The summed E-state index contributed by atoms with van der Waals surface area (Å²) in [7, 11) is 0. The Balaban J connectivity index is 1.76. The molecule has 5 heteroatoms. The number of nitriles is 1. The van der Waals surface area contributed by atoms with Crippen LogP contribution in [0.3, 0.4) is 0 Å². The summed E-state index contributed by atoms with van der Waals surface area (Å²) in [5, 5.41) is 9.01. The van der Waals surface area contributed by atoms with Crippen molar-refractivity contribution < 1.29 is 0 Å². The summed E-state index contributed by atoms with van der Waals surface area (Å²) >= 11 is 0. The lowest BCUT2D eigenvalue weighted by Gasteiger charge is -2.03. The predicted molar refractivity (Wildman–Crippen MR) is 95.7 cm³/mol. The summed E-state index contributed by atoms with van der Waals surface area (Å²) < 4.78 is 0. The first-order chi connectivity index (χ1) is 12.3. The zero-order chi connectivity index (χ0) is 17.2. The number of imidazole rings is 1. The Morgan fingerprint density at radius 1 is 1.04 bits per heavy atom. The lowest BCUT2D eigenvalue weighted by Crippen LogP contribution is -1.85. The van der Waals surface area contributed by atoms with Gasteiger partial charge in [-0.2, -0.15) is 5.26 Å². The van der Waals surface area contributed by atoms with Crippen LogP contribution in [0.5, 0.6) is 0 Å². The van der Waals surface area contributed by atoms with Crippen molar-refractivity contribution in [1.29, 1.82) is 5.26 Å². The number of aromatic amines is 1. The van der Waals surface area contributed by atoms with Crippen molar-refractivity contribution in [3.63, 3.8) is 0 Å². The minimum absolute atomic E-state index is 0.519. The predicted octanol–water partition coefficient (Wildman–Crippen LogP) is 4.71. The maximum absolute atomic E-state index is 9.01. The summed E-state index contributed by atoms with van der Waals surface area (Å²) in [6.07, 6.45) is 1.57. The zero-order valence-corrected chi connectivity index (χ0v) is 13.1. The Morgan fingerprint density at radius 3 is 2.68 bits per heavy atom. The molecular formula is C20H11N5. The average molecular weight is 321 g/mol. The normalized spacial score (nSPS) is 10.3. The molecular weight excluding hydrogens is 310 g/mol. The third-order valence-corrected chi connectivity index (χ3v) is 3.92. The van der Waals surface area contributed by atoms with Gasteiger partial charge in [0.05, 0.1) is 34.9 Å². The first-order valence-electron chi connectivity index (χ1n) is 7.61. The Bertz CT molecular complexity index is 1160. The van der Waals surface area contributed by atoms with Gasteiger partial charge in [0.2, 0.25) is 5.69 Å². The largest absolute Gasteiger partial charge is 0.338 e. The summed E-state index contributed by atoms with van der Waals surface area (Å²) in [6, 6.07) is 19.0. The van der Waals surface area contributed by atoms with Crippen molar-refractivity contribution in [1.82, 2.24) is 15.0 Å². The fourth-order valence-electron chi connectivity index (χ4n) is 2.66. The van der Waals surface area contributed by atoms with E-state index in [1.165, 1.54) is 0 Å². The van der Waals surface area contributed by atoms with E-state index in [2.05, 4.69) is 25.9 Å². The SMILES string of the molecule is [C-]#[N+]c1ccc(-c2cccc(-c3nc4ccc(C#N)cc4[nH]3)c2)nc1. The molecule has 2 heterocycles. The molecule has 0 fully saturated rings. The van der Waals surface area contributed by atoms with Gasteiger partial charge < -0.3 is 4.98 Å². The topological polar surface area (TPSA) is 69.7 Å². The smallest absolute Gasteiger partial charge is 0.205 e. The van der Waals surface area contributed by atoms with Gasteiger partial charge in [0.1, 0.15) is 5.82 Å². The van der Waals surface area contributed by atoms with E-state index >= 15 is 0 Å². The molecule has 2 aromatic carbocycles. The quantitative estimate of drug-likeness (QED) is 0.543. The van der Waals surface area contributed by atoms with Crippen LogP contribution < -0.4 is 0 Å². The van der Waals surface area contributed by atoms with Crippen LogP contribution in [0.25, 0.3) is 38.5 Å². The molecule has 0 radical (unpaired) electrons. The van der Waals surface area contributed by atoms with Crippen molar-refractivity contribution in [3.8, 4) is 28.7 Å². The van der Waals surface area contributed by atoms with Gasteiger partial charge in [-0.25, -0.2) is 9.83 Å². The molecule has 0 unspecified atom stereocenters. The number of rotatable bonds is 2. The molecule has 4 aromatic rings. The van der Waals surface area contributed by atoms with Crippen molar-refractivity contribution in [3.05, 3.63) is 77.8 Å². The molecule has 5 nitrogen and oxygen atoms in total. The monoisotopic (exact) mass is 321 g/mol. The fourth-order valence-corrected chi connectivity index (χ4v) is 2.66. The summed E-state index contributed by atoms with van der Waals surface area (Å²) in [5.41, 5.74) is 5.46. The minimum Gasteiger partial charge on any atom is -0.338 e. The maximum atomic E-state index is 9.01. The molecule has 25 heavy (non-hydrogen) atoms. The number of hydrogen-bond donors (Lipinski definition) is 1. The van der Waals surface area contributed by atoms with E-state index in [-0.39, 0.29) is 0 Å². The lowest BCUT2D eigenvalue weighted by atomic mass is 10.1. The van der Waals surface area contributed by atoms with Crippen molar-refractivity contribution in [2.45, 2.75) is 0 Å². The highest BCUT2D eigenvalue weighted by molar-refractivity contribution is 5.81. The second-order valence-corrected chi connectivity index (χ2v) is 5.52. The third-order valence-electron chi connectivity index (χ3n) is 3.92. The summed E-state index contributed by atoms with van der Waals surface area (Å²) in [4.78, 5) is 15.6. The minimum atomic E-state index is 0.519. The van der Waals surface area contributed by atoms with Gasteiger partial charge in [-0.05, 0) is 30.3 Å². The van der Waals surface area contributed by atoms with E-state index in [0.717, 1.165) is 33.7 Å². The van der Waals surface area contributed by atoms with Gasteiger partial charge in [0, 0.05) is 17.3 Å². The van der Waals surface area contributed by atoms with Crippen LogP contribution in [0, 0.1) is 17.9 Å². The van der Waals surface area contributed by atoms with Gasteiger partial charge in [-0.15, -0.1) is 0 Å². The Labute approximate surface area is 144 Å². The third kappa shape index (κ3) is 2.71. The molecule has 0 aliphatic carbocycles. The van der Waals surface area contributed by atoms with Gasteiger partial charge in [-0.3, -0.25) is 4.98 Å². The Morgan fingerprint density at radius 2 is 1.92 bits per heavy atom. The molecule has 0 atom stereocenters. The fraction of sp³-hybridized carbons (Fsp3) is 0. The molecule has 116 valence electrons. The molecule has 4 rings (SSSR count). The van der Waals surface area contributed by atoms with Gasteiger partial charge in [0.25, 0.3) is 0 Å². The number of hydrogen-bond acceptors (Lipinski definition) is 3. The number of aromatic nitrogens is 3. The number of pyridine rings is 1. The van der Waals surface area contributed by atoms with E-state index < -0.39 is 0 Å². The molecule has 0 saturated carbocycles. The van der Waals surface area contributed by atoms with Crippen LogP contribution in [-0.2, 0) is 0 Å². The van der Waals surface area contributed by atoms with E-state index in [0.29, 0.717) is 11.3 Å². The van der Waals surface area contributed by atoms with Crippen molar-refractivity contribution in [2.75, 3.05) is 0 Å². The average Bonchev–Trinajstić information content (AvgIpc) is 3.11. The van der Waals surface area contributed by atoms with Crippen LogP contribution in [0.2, 0.25) is 0 Å². The van der Waals surface area contributed by atoms with Gasteiger partial charge in [0.15, 0.2) is 0 Å². The highest BCUT2D eigenvalue weighted by Gasteiger charge is 2.08. The van der Waals surface area contributed by atoms with Crippen LogP contribution in [0.15, 0.2) is 60.8 Å². The highest BCUT2D eigenvalue weighted by Crippen LogP contribution is 2.26. The molecule has 0 spiro atoms. The number of benzene rings is 2. The molecule has 0 aliphatic heterocycles. The van der Waals surface area contributed by atoms with Crippen LogP contribution in [0.4, 0.5) is 5.69 Å². The Hall–Kier alpha value is -3.96. The molecule has 2 aromatic heterocycles. The lowest BCUT2D eigenvalue weighted by molar-refractivity contribution is 1.32.